The summed E-state index contributed by atoms with van der Waals surface area (Å²) < 4.78 is 0. The molecule has 6 heteroatoms. The first kappa shape index (κ1) is 17.6. The molecule has 0 radical (unpaired) electrons. The Morgan fingerprint density at radius 3 is 2.48 bits per heavy atom. The fourth-order valence-corrected chi connectivity index (χ4v) is 3.80. The monoisotopic (exact) mass is 344 g/mol. The van der Waals surface area contributed by atoms with Gasteiger partial charge >= 0.3 is 0 Å². The maximum absolute atomic E-state index is 12.8. The zero-order chi connectivity index (χ0) is 18.0. The lowest BCUT2D eigenvalue weighted by Crippen LogP contribution is -2.50. The van der Waals surface area contributed by atoms with Crippen molar-refractivity contribution in [2.45, 2.75) is 31.5 Å². The molecule has 2 aliphatic rings. The van der Waals surface area contributed by atoms with Crippen LogP contribution in [0.15, 0.2) is 36.4 Å². The molecule has 0 saturated heterocycles. The number of primary amides is 1. The Morgan fingerprint density at radius 2 is 1.88 bits per heavy atom. The average Bonchev–Trinajstić information content (AvgIpc) is 2.61. The molecule has 1 aliphatic carbocycles. The molecule has 1 aromatic carbocycles. The third-order valence-corrected chi connectivity index (χ3v) is 5.24. The Hall–Kier alpha value is -2.18. The second-order valence-corrected chi connectivity index (χ2v) is 6.97. The summed E-state index contributed by atoms with van der Waals surface area (Å²) in [6.07, 6.45) is 2.95. The van der Waals surface area contributed by atoms with Crippen LogP contribution in [0, 0.1) is 11.8 Å². The molecule has 1 saturated carbocycles. The number of carbonyl (C=O) groups is 2. The van der Waals surface area contributed by atoms with Crippen molar-refractivity contribution in [1.82, 2.24) is 4.90 Å². The topological polar surface area (TPSA) is 104 Å². The Kier molecular flexibility index (Phi) is 4.92. The maximum Gasteiger partial charge on any atom is 0.226 e. The van der Waals surface area contributed by atoms with Crippen molar-refractivity contribution in [2.24, 2.45) is 17.6 Å². The highest BCUT2D eigenvalue weighted by Gasteiger charge is 2.45. The standard InChI is InChI=1S/C19H24N2O4/c20-17(22)16-12-19(24,25)9-6-15(16)18(23)21-10-7-14(8-11-21)13-4-2-1-3-5-13/h1-5,7,15-16,24-25H,6,8-12H2,(H2,20,22). The van der Waals surface area contributed by atoms with E-state index in [-0.39, 0.29) is 25.2 Å². The van der Waals surface area contributed by atoms with Crippen molar-refractivity contribution in [3.8, 4) is 0 Å². The maximum atomic E-state index is 12.8. The summed E-state index contributed by atoms with van der Waals surface area (Å²) in [6.45, 7) is 1.08. The second kappa shape index (κ2) is 6.98. The summed E-state index contributed by atoms with van der Waals surface area (Å²) >= 11 is 0. The Balaban J connectivity index is 1.69. The van der Waals surface area contributed by atoms with Gasteiger partial charge in [-0.05, 0) is 24.0 Å². The summed E-state index contributed by atoms with van der Waals surface area (Å²) in [5, 5.41) is 19.6. The molecule has 2 atom stereocenters. The van der Waals surface area contributed by atoms with E-state index >= 15 is 0 Å². The molecule has 2 unspecified atom stereocenters. The van der Waals surface area contributed by atoms with Gasteiger partial charge in [-0.25, -0.2) is 0 Å². The second-order valence-electron chi connectivity index (χ2n) is 6.97. The van der Waals surface area contributed by atoms with Crippen LogP contribution in [0.2, 0.25) is 0 Å². The van der Waals surface area contributed by atoms with E-state index in [1.54, 1.807) is 4.90 Å². The van der Waals surface area contributed by atoms with E-state index in [0.717, 1.165) is 12.0 Å². The van der Waals surface area contributed by atoms with Crippen LogP contribution in [-0.4, -0.2) is 45.8 Å². The van der Waals surface area contributed by atoms with Crippen LogP contribution in [0.4, 0.5) is 0 Å². The SMILES string of the molecule is NC(=O)C1CC(O)(O)CCC1C(=O)N1CC=C(c2ccccc2)CC1. The zero-order valence-electron chi connectivity index (χ0n) is 14.1. The Bertz CT molecular complexity index is 684. The van der Waals surface area contributed by atoms with Crippen molar-refractivity contribution in [1.29, 1.82) is 0 Å². The largest absolute Gasteiger partial charge is 0.369 e. The highest BCUT2D eigenvalue weighted by molar-refractivity contribution is 5.88. The molecular weight excluding hydrogens is 320 g/mol. The first-order chi connectivity index (χ1) is 11.9. The summed E-state index contributed by atoms with van der Waals surface area (Å²) in [5.41, 5.74) is 7.77. The molecule has 25 heavy (non-hydrogen) atoms. The molecule has 0 aromatic heterocycles. The molecule has 4 N–H and O–H groups in total. The van der Waals surface area contributed by atoms with Gasteiger partial charge in [-0.1, -0.05) is 36.4 Å². The summed E-state index contributed by atoms with van der Waals surface area (Å²) in [6, 6.07) is 10.1. The van der Waals surface area contributed by atoms with Crippen LogP contribution < -0.4 is 5.73 Å². The molecule has 0 bridgehead atoms. The van der Waals surface area contributed by atoms with Gasteiger partial charge in [-0.3, -0.25) is 9.59 Å². The third-order valence-electron chi connectivity index (χ3n) is 5.24. The number of nitrogens with two attached hydrogens (primary N) is 1. The number of rotatable bonds is 3. The van der Waals surface area contributed by atoms with Crippen LogP contribution >= 0.6 is 0 Å². The molecule has 1 heterocycles. The lowest BCUT2D eigenvalue weighted by molar-refractivity contribution is -0.201. The van der Waals surface area contributed by atoms with Gasteiger partial charge in [0, 0.05) is 25.9 Å². The summed E-state index contributed by atoms with van der Waals surface area (Å²) in [4.78, 5) is 26.3. The molecule has 3 rings (SSSR count). The van der Waals surface area contributed by atoms with Crippen LogP contribution in [-0.2, 0) is 9.59 Å². The summed E-state index contributed by atoms with van der Waals surface area (Å²) in [5.74, 6) is -4.10. The first-order valence-corrected chi connectivity index (χ1v) is 8.65. The zero-order valence-corrected chi connectivity index (χ0v) is 14.1. The number of aliphatic hydroxyl groups is 2. The fraction of sp³-hybridized carbons (Fsp3) is 0.474. The molecule has 134 valence electrons. The number of amides is 2. The normalized spacial score (nSPS) is 26.0. The summed E-state index contributed by atoms with van der Waals surface area (Å²) in [7, 11) is 0. The minimum atomic E-state index is -1.92. The number of nitrogens with zero attached hydrogens (tertiary/aromatic N) is 1. The van der Waals surface area contributed by atoms with Gasteiger partial charge in [0.1, 0.15) is 0 Å². The van der Waals surface area contributed by atoms with Gasteiger partial charge in [-0.15, -0.1) is 0 Å². The van der Waals surface area contributed by atoms with E-state index in [9.17, 15) is 19.8 Å². The Morgan fingerprint density at radius 1 is 1.16 bits per heavy atom. The molecule has 6 nitrogen and oxygen atoms in total. The van der Waals surface area contributed by atoms with Gasteiger partial charge in [0.15, 0.2) is 5.79 Å². The van der Waals surface area contributed by atoms with E-state index in [1.807, 2.05) is 24.3 Å². The first-order valence-electron chi connectivity index (χ1n) is 8.65. The van der Waals surface area contributed by atoms with E-state index in [2.05, 4.69) is 12.1 Å². The fourth-order valence-electron chi connectivity index (χ4n) is 3.80. The predicted octanol–water partition coefficient (Wildman–Crippen LogP) is 0.885. The van der Waals surface area contributed by atoms with Crippen molar-refractivity contribution in [3.63, 3.8) is 0 Å². The number of hydrogen-bond acceptors (Lipinski definition) is 4. The van der Waals surface area contributed by atoms with Gasteiger partial charge < -0.3 is 20.8 Å². The van der Waals surface area contributed by atoms with Gasteiger partial charge in [-0.2, -0.15) is 0 Å². The minimum Gasteiger partial charge on any atom is -0.369 e. The number of benzene rings is 1. The van der Waals surface area contributed by atoms with Crippen molar-refractivity contribution in [3.05, 3.63) is 42.0 Å². The average molecular weight is 344 g/mol. The quantitative estimate of drug-likeness (QED) is 0.708. The highest BCUT2D eigenvalue weighted by Crippen LogP contribution is 2.36. The van der Waals surface area contributed by atoms with Crippen molar-refractivity contribution in [2.75, 3.05) is 13.1 Å². The number of hydrogen-bond donors (Lipinski definition) is 3. The van der Waals surface area contributed by atoms with E-state index < -0.39 is 23.5 Å². The predicted molar refractivity (Wildman–Crippen MR) is 92.8 cm³/mol. The van der Waals surface area contributed by atoms with Crippen LogP contribution in [0.1, 0.15) is 31.2 Å². The molecule has 1 fully saturated rings. The molecular formula is C19H24N2O4. The van der Waals surface area contributed by atoms with E-state index in [0.29, 0.717) is 13.1 Å². The third kappa shape index (κ3) is 3.91. The van der Waals surface area contributed by atoms with Gasteiger partial charge in [0.05, 0.1) is 11.8 Å². The smallest absolute Gasteiger partial charge is 0.226 e. The van der Waals surface area contributed by atoms with Gasteiger partial charge in [0.2, 0.25) is 11.8 Å². The molecule has 2 amide bonds. The Labute approximate surface area is 146 Å². The molecule has 1 aliphatic heterocycles. The lowest BCUT2D eigenvalue weighted by atomic mass is 9.75. The van der Waals surface area contributed by atoms with E-state index in [1.165, 1.54) is 5.57 Å². The van der Waals surface area contributed by atoms with E-state index in [4.69, 9.17) is 5.73 Å². The minimum absolute atomic E-state index is 0.0755. The van der Waals surface area contributed by atoms with Crippen LogP contribution in [0.25, 0.3) is 5.57 Å². The number of carbonyl (C=O) groups excluding carboxylic acids is 2. The molecule has 1 aromatic rings. The van der Waals surface area contributed by atoms with Crippen LogP contribution in [0.3, 0.4) is 0 Å². The van der Waals surface area contributed by atoms with Crippen LogP contribution in [0.5, 0.6) is 0 Å². The molecule has 0 spiro atoms. The highest BCUT2D eigenvalue weighted by atomic mass is 16.5. The van der Waals surface area contributed by atoms with Gasteiger partial charge in [0.25, 0.3) is 0 Å². The van der Waals surface area contributed by atoms with Crippen molar-refractivity contribution >= 4 is 17.4 Å². The lowest BCUT2D eigenvalue weighted by Gasteiger charge is -2.39. The van der Waals surface area contributed by atoms with Crippen molar-refractivity contribution < 1.29 is 19.8 Å².